The normalized spacial score (nSPS) is 10.7. The lowest BCUT2D eigenvalue weighted by molar-refractivity contribution is -0.384. The Morgan fingerprint density at radius 1 is 0.815 bits per heavy atom. The van der Waals surface area contributed by atoms with Crippen molar-refractivity contribution in [2.75, 3.05) is 0 Å². The molecule has 0 unspecified atom stereocenters. The van der Waals surface area contributed by atoms with Crippen LogP contribution < -0.4 is 0 Å². The average Bonchev–Trinajstić information content (AvgIpc) is 3.18. The molecular formula is C20H12BrN3O3. The summed E-state index contributed by atoms with van der Waals surface area (Å²) < 4.78 is 6.72. The van der Waals surface area contributed by atoms with Gasteiger partial charge in [0, 0.05) is 21.7 Å². The highest BCUT2D eigenvalue weighted by molar-refractivity contribution is 9.10. The molecule has 1 aromatic heterocycles. The standard InChI is InChI=1S/C20H12BrN3O3/c21-16-8-4-7-15(12-16)20-23-22-19(27-20)14-6-3-5-13(11-14)17-9-1-2-10-18(17)24(25)26/h1-12H. The quantitative estimate of drug-likeness (QED) is 0.309. The van der Waals surface area contributed by atoms with Crippen LogP contribution in [0.15, 0.2) is 81.7 Å². The first-order chi connectivity index (χ1) is 13.1. The predicted octanol–water partition coefficient (Wildman–Crippen LogP) is 5.74. The average molecular weight is 422 g/mol. The van der Waals surface area contributed by atoms with Gasteiger partial charge in [-0.3, -0.25) is 10.1 Å². The lowest BCUT2D eigenvalue weighted by Crippen LogP contribution is -1.91. The van der Waals surface area contributed by atoms with Crippen molar-refractivity contribution in [2.24, 2.45) is 0 Å². The van der Waals surface area contributed by atoms with Crippen LogP contribution in [0.3, 0.4) is 0 Å². The minimum absolute atomic E-state index is 0.0509. The van der Waals surface area contributed by atoms with Crippen LogP contribution in [0.5, 0.6) is 0 Å². The summed E-state index contributed by atoms with van der Waals surface area (Å²) in [6.07, 6.45) is 0. The van der Waals surface area contributed by atoms with E-state index in [1.807, 2.05) is 42.5 Å². The van der Waals surface area contributed by atoms with E-state index < -0.39 is 0 Å². The molecule has 27 heavy (non-hydrogen) atoms. The highest BCUT2D eigenvalue weighted by Crippen LogP contribution is 2.32. The molecule has 0 aliphatic rings. The molecule has 0 fully saturated rings. The molecule has 3 aromatic carbocycles. The topological polar surface area (TPSA) is 82.1 Å². The summed E-state index contributed by atoms with van der Waals surface area (Å²) in [7, 11) is 0. The summed E-state index contributed by atoms with van der Waals surface area (Å²) in [5, 5.41) is 19.5. The van der Waals surface area contributed by atoms with Gasteiger partial charge in [0.15, 0.2) is 0 Å². The first-order valence-electron chi connectivity index (χ1n) is 8.05. The van der Waals surface area contributed by atoms with Gasteiger partial charge in [0.2, 0.25) is 11.8 Å². The Balaban J connectivity index is 1.73. The van der Waals surface area contributed by atoms with Crippen molar-refractivity contribution < 1.29 is 9.34 Å². The van der Waals surface area contributed by atoms with Crippen molar-refractivity contribution in [2.45, 2.75) is 0 Å². The van der Waals surface area contributed by atoms with Gasteiger partial charge < -0.3 is 4.42 Å². The maximum atomic E-state index is 11.3. The molecule has 4 rings (SSSR count). The van der Waals surface area contributed by atoms with Crippen molar-refractivity contribution in [3.8, 4) is 34.0 Å². The Kier molecular flexibility index (Phi) is 4.52. The second-order valence-electron chi connectivity index (χ2n) is 5.78. The molecule has 0 saturated carbocycles. The first-order valence-corrected chi connectivity index (χ1v) is 8.85. The highest BCUT2D eigenvalue weighted by atomic mass is 79.9. The van der Waals surface area contributed by atoms with Crippen molar-refractivity contribution in [1.29, 1.82) is 0 Å². The lowest BCUT2D eigenvalue weighted by atomic mass is 10.0. The molecule has 0 spiro atoms. The maximum absolute atomic E-state index is 11.3. The van der Waals surface area contributed by atoms with E-state index in [-0.39, 0.29) is 10.6 Å². The third kappa shape index (κ3) is 3.50. The molecule has 0 atom stereocenters. The van der Waals surface area contributed by atoms with Gasteiger partial charge in [-0.15, -0.1) is 10.2 Å². The van der Waals surface area contributed by atoms with Gasteiger partial charge >= 0.3 is 0 Å². The van der Waals surface area contributed by atoms with Crippen LogP contribution in [0.25, 0.3) is 34.0 Å². The number of rotatable bonds is 4. The van der Waals surface area contributed by atoms with E-state index >= 15 is 0 Å². The fourth-order valence-electron chi connectivity index (χ4n) is 2.77. The van der Waals surface area contributed by atoms with E-state index in [2.05, 4.69) is 26.1 Å². The Bertz CT molecular complexity index is 1140. The van der Waals surface area contributed by atoms with E-state index in [0.717, 1.165) is 10.0 Å². The van der Waals surface area contributed by atoms with Gasteiger partial charge in [-0.05, 0) is 42.0 Å². The van der Waals surface area contributed by atoms with Crippen LogP contribution in [-0.2, 0) is 0 Å². The minimum atomic E-state index is -0.389. The van der Waals surface area contributed by atoms with E-state index in [1.165, 1.54) is 6.07 Å². The number of aromatic nitrogens is 2. The van der Waals surface area contributed by atoms with Crippen molar-refractivity contribution in [3.63, 3.8) is 0 Å². The molecule has 6 nitrogen and oxygen atoms in total. The molecular weight excluding hydrogens is 410 g/mol. The third-order valence-corrected chi connectivity index (χ3v) is 4.51. The zero-order valence-electron chi connectivity index (χ0n) is 13.9. The van der Waals surface area contributed by atoms with Crippen molar-refractivity contribution >= 4 is 21.6 Å². The van der Waals surface area contributed by atoms with Crippen LogP contribution in [0.4, 0.5) is 5.69 Å². The van der Waals surface area contributed by atoms with Crippen LogP contribution in [0.1, 0.15) is 0 Å². The lowest BCUT2D eigenvalue weighted by Gasteiger charge is -2.04. The van der Waals surface area contributed by atoms with Crippen LogP contribution in [0.2, 0.25) is 0 Å². The van der Waals surface area contributed by atoms with Gasteiger partial charge in [-0.1, -0.05) is 46.3 Å². The van der Waals surface area contributed by atoms with Crippen LogP contribution in [0, 0.1) is 10.1 Å². The fraction of sp³-hybridized carbons (Fsp3) is 0. The van der Waals surface area contributed by atoms with E-state index in [4.69, 9.17) is 4.42 Å². The summed E-state index contributed by atoms with van der Waals surface area (Å²) >= 11 is 3.42. The smallest absolute Gasteiger partial charge is 0.277 e. The van der Waals surface area contributed by atoms with Crippen molar-refractivity contribution in [1.82, 2.24) is 10.2 Å². The number of benzene rings is 3. The zero-order chi connectivity index (χ0) is 18.8. The molecule has 7 heteroatoms. The molecule has 0 bridgehead atoms. The molecule has 1 heterocycles. The van der Waals surface area contributed by atoms with Crippen LogP contribution >= 0.6 is 15.9 Å². The first kappa shape index (κ1) is 17.1. The number of nitro groups is 1. The number of nitro benzene ring substituents is 1. The highest BCUT2D eigenvalue weighted by Gasteiger charge is 2.16. The van der Waals surface area contributed by atoms with Gasteiger partial charge in [0.05, 0.1) is 10.5 Å². The van der Waals surface area contributed by atoms with Crippen molar-refractivity contribution in [3.05, 3.63) is 87.4 Å². The molecule has 0 N–H and O–H groups in total. The molecule has 0 amide bonds. The van der Waals surface area contributed by atoms with Gasteiger partial charge in [-0.25, -0.2) is 0 Å². The summed E-state index contributed by atoms with van der Waals surface area (Å²) in [6.45, 7) is 0. The molecule has 0 aliphatic heterocycles. The summed E-state index contributed by atoms with van der Waals surface area (Å²) in [4.78, 5) is 10.9. The van der Waals surface area contributed by atoms with E-state index in [9.17, 15) is 10.1 Å². The number of hydrogen-bond donors (Lipinski definition) is 0. The number of hydrogen-bond acceptors (Lipinski definition) is 5. The van der Waals surface area contributed by atoms with E-state index in [0.29, 0.717) is 28.5 Å². The fourth-order valence-corrected chi connectivity index (χ4v) is 3.17. The summed E-state index contributed by atoms with van der Waals surface area (Å²) in [5.41, 5.74) is 2.80. The Labute approximate surface area is 162 Å². The van der Waals surface area contributed by atoms with Gasteiger partial charge in [-0.2, -0.15) is 0 Å². The molecule has 4 aromatic rings. The second-order valence-corrected chi connectivity index (χ2v) is 6.69. The zero-order valence-corrected chi connectivity index (χ0v) is 15.5. The molecule has 0 saturated heterocycles. The maximum Gasteiger partial charge on any atom is 0.277 e. The van der Waals surface area contributed by atoms with E-state index in [1.54, 1.807) is 24.3 Å². The molecule has 132 valence electrons. The second kappa shape index (κ2) is 7.13. The minimum Gasteiger partial charge on any atom is -0.416 e. The van der Waals surface area contributed by atoms with Crippen LogP contribution in [-0.4, -0.2) is 15.1 Å². The van der Waals surface area contributed by atoms with Gasteiger partial charge in [0.25, 0.3) is 5.69 Å². The predicted molar refractivity (Wildman–Crippen MR) is 105 cm³/mol. The number of para-hydroxylation sites is 1. The Morgan fingerprint density at radius 3 is 2.15 bits per heavy atom. The Hall–Kier alpha value is -3.32. The summed E-state index contributed by atoms with van der Waals surface area (Å²) in [6, 6.07) is 21.5. The molecule has 0 radical (unpaired) electrons. The number of halogens is 1. The third-order valence-electron chi connectivity index (χ3n) is 4.02. The SMILES string of the molecule is O=[N+]([O-])c1ccccc1-c1cccc(-c2nnc(-c3cccc(Br)c3)o2)c1. The largest absolute Gasteiger partial charge is 0.416 e. The van der Waals surface area contributed by atoms with Gasteiger partial charge in [0.1, 0.15) is 0 Å². The Morgan fingerprint density at radius 2 is 1.44 bits per heavy atom. The monoisotopic (exact) mass is 421 g/mol. The molecule has 0 aliphatic carbocycles. The summed E-state index contributed by atoms with van der Waals surface area (Å²) in [5.74, 6) is 0.757. The number of nitrogens with zero attached hydrogens (tertiary/aromatic N) is 3.